The molecule has 10 nitrogen and oxygen atoms in total. The molecular formula is C22H24N8O2. The lowest BCUT2D eigenvalue weighted by atomic mass is 9.98. The third kappa shape index (κ3) is 5.03. The number of hydrogen-bond donors (Lipinski definition) is 3. The smallest absolute Gasteiger partial charge is 0.278 e. The van der Waals surface area contributed by atoms with E-state index in [9.17, 15) is 5.11 Å². The Labute approximate surface area is 185 Å². The Hall–Kier alpha value is -3.92. The maximum atomic E-state index is 9.79. The van der Waals surface area contributed by atoms with Crippen LogP contribution in [0.3, 0.4) is 0 Å². The lowest BCUT2D eigenvalue weighted by Crippen LogP contribution is -2.29. The van der Waals surface area contributed by atoms with Crippen LogP contribution in [0.2, 0.25) is 0 Å². The molecule has 3 heterocycles. The first-order valence-corrected chi connectivity index (χ1v) is 10.1. The van der Waals surface area contributed by atoms with Crippen molar-refractivity contribution in [2.45, 2.75) is 32.3 Å². The first-order chi connectivity index (χ1) is 15.3. The molecule has 0 saturated carbocycles. The fourth-order valence-electron chi connectivity index (χ4n) is 2.95. The molecule has 0 aliphatic rings. The maximum absolute atomic E-state index is 9.79. The minimum Gasteiger partial charge on any atom is -0.389 e. The van der Waals surface area contributed by atoms with Gasteiger partial charge in [0.05, 0.1) is 18.0 Å². The van der Waals surface area contributed by atoms with Crippen LogP contribution >= 0.6 is 0 Å². The molecule has 0 fully saturated rings. The van der Waals surface area contributed by atoms with Gasteiger partial charge in [0.25, 0.3) is 5.89 Å². The first kappa shape index (κ1) is 21.3. The number of aromatic nitrogens is 6. The maximum Gasteiger partial charge on any atom is 0.278 e. The number of benzene rings is 1. The molecule has 0 spiro atoms. The minimum absolute atomic E-state index is 0.0788. The van der Waals surface area contributed by atoms with Gasteiger partial charge < -0.3 is 20.7 Å². The van der Waals surface area contributed by atoms with Crippen LogP contribution in [0.4, 0.5) is 11.8 Å². The number of nitrogens with zero attached hydrogens (tertiary/aromatic N) is 6. The van der Waals surface area contributed by atoms with Crippen molar-refractivity contribution in [2.24, 2.45) is 0 Å². The lowest BCUT2D eigenvalue weighted by Gasteiger charge is -2.17. The Bertz CT molecular complexity index is 1170. The van der Waals surface area contributed by atoms with Crippen LogP contribution in [-0.2, 0) is 0 Å². The molecule has 1 aromatic carbocycles. The van der Waals surface area contributed by atoms with Crippen molar-refractivity contribution in [3.8, 4) is 22.7 Å². The third-order valence-corrected chi connectivity index (χ3v) is 4.82. The van der Waals surface area contributed by atoms with E-state index in [-0.39, 0.29) is 11.9 Å². The van der Waals surface area contributed by atoms with Gasteiger partial charge in [-0.3, -0.25) is 0 Å². The molecule has 1 unspecified atom stereocenters. The largest absolute Gasteiger partial charge is 0.389 e. The molecule has 4 aromatic rings. The van der Waals surface area contributed by atoms with Crippen molar-refractivity contribution in [3.05, 3.63) is 60.4 Å². The Morgan fingerprint density at radius 3 is 2.34 bits per heavy atom. The van der Waals surface area contributed by atoms with Gasteiger partial charge in [-0.25, -0.2) is 19.9 Å². The summed E-state index contributed by atoms with van der Waals surface area (Å²) >= 11 is 0. The standard InChI is InChI=1S/C22H24N8O2/c1-13(14-4-6-15(7-5-14)16-8-26-21(23)27-9-16)19-29-20(32-30-19)17-10-25-18(11-24-17)28-12-22(2,3)31/h4-11,13,31H,12H2,1-3H3,(H,25,28)(H2,23,26,27). The highest BCUT2D eigenvalue weighted by molar-refractivity contribution is 5.62. The summed E-state index contributed by atoms with van der Waals surface area (Å²) in [6.45, 7) is 5.78. The number of nitrogens with one attached hydrogen (secondary N) is 1. The highest BCUT2D eigenvalue weighted by Gasteiger charge is 2.18. The number of nitrogen functional groups attached to an aromatic ring is 1. The summed E-state index contributed by atoms with van der Waals surface area (Å²) in [4.78, 5) is 21.1. The normalized spacial score (nSPS) is 12.5. The Balaban J connectivity index is 1.45. The number of hydrogen-bond acceptors (Lipinski definition) is 10. The minimum atomic E-state index is -0.848. The molecule has 4 rings (SSSR count). The van der Waals surface area contributed by atoms with Gasteiger partial charge in [-0.15, -0.1) is 0 Å². The van der Waals surface area contributed by atoms with E-state index in [1.165, 1.54) is 0 Å². The van der Waals surface area contributed by atoms with Gasteiger partial charge in [-0.05, 0) is 25.0 Å². The van der Waals surface area contributed by atoms with E-state index in [4.69, 9.17) is 10.3 Å². The highest BCUT2D eigenvalue weighted by atomic mass is 16.5. The van der Waals surface area contributed by atoms with Crippen LogP contribution in [0.1, 0.15) is 38.1 Å². The predicted molar refractivity (Wildman–Crippen MR) is 120 cm³/mol. The van der Waals surface area contributed by atoms with Gasteiger partial charge in [0, 0.05) is 30.4 Å². The summed E-state index contributed by atoms with van der Waals surface area (Å²) in [6.07, 6.45) is 6.50. The van der Waals surface area contributed by atoms with Crippen molar-refractivity contribution in [1.29, 1.82) is 0 Å². The summed E-state index contributed by atoms with van der Waals surface area (Å²) in [5, 5.41) is 16.9. The van der Waals surface area contributed by atoms with Crippen LogP contribution in [0.15, 0.2) is 53.6 Å². The molecular weight excluding hydrogens is 408 g/mol. The van der Waals surface area contributed by atoms with E-state index >= 15 is 0 Å². The van der Waals surface area contributed by atoms with E-state index in [1.54, 1.807) is 38.6 Å². The number of anilines is 2. The van der Waals surface area contributed by atoms with Crippen LogP contribution in [0.25, 0.3) is 22.7 Å². The topological polar surface area (TPSA) is 149 Å². The molecule has 4 N–H and O–H groups in total. The van der Waals surface area contributed by atoms with Gasteiger partial charge >= 0.3 is 0 Å². The number of aliphatic hydroxyl groups is 1. The molecule has 0 amide bonds. The quantitative estimate of drug-likeness (QED) is 0.398. The Morgan fingerprint density at radius 2 is 1.72 bits per heavy atom. The fourth-order valence-corrected chi connectivity index (χ4v) is 2.95. The molecule has 0 bridgehead atoms. The zero-order chi connectivity index (χ0) is 22.7. The zero-order valence-corrected chi connectivity index (χ0v) is 18.0. The van der Waals surface area contributed by atoms with Crippen LogP contribution in [0, 0.1) is 0 Å². The monoisotopic (exact) mass is 432 g/mol. The first-order valence-electron chi connectivity index (χ1n) is 10.1. The van der Waals surface area contributed by atoms with E-state index < -0.39 is 5.60 Å². The second-order valence-electron chi connectivity index (χ2n) is 8.08. The molecule has 0 saturated heterocycles. The number of rotatable bonds is 7. The zero-order valence-electron chi connectivity index (χ0n) is 18.0. The van der Waals surface area contributed by atoms with E-state index in [0.717, 1.165) is 16.7 Å². The second-order valence-corrected chi connectivity index (χ2v) is 8.08. The van der Waals surface area contributed by atoms with Gasteiger partial charge in [-0.1, -0.05) is 36.3 Å². The molecule has 10 heteroatoms. The van der Waals surface area contributed by atoms with Gasteiger partial charge in [0.1, 0.15) is 11.5 Å². The summed E-state index contributed by atoms with van der Waals surface area (Å²) in [6, 6.07) is 8.00. The highest BCUT2D eigenvalue weighted by Crippen LogP contribution is 2.26. The van der Waals surface area contributed by atoms with Crippen LogP contribution < -0.4 is 11.1 Å². The SMILES string of the molecule is CC(c1ccc(-c2cnc(N)nc2)cc1)c1noc(-c2cnc(NCC(C)(C)O)cn2)n1. The summed E-state index contributed by atoms with van der Waals surface area (Å²) in [5.74, 6) is 1.57. The van der Waals surface area contributed by atoms with Crippen molar-refractivity contribution in [1.82, 2.24) is 30.1 Å². The molecule has 3 aromatic heterocycles. The fraction of sp³-hybridized carbons (Fsp3) is 0.273. The molecule has 0 aliphatic carbocycles. The lowest BCUT2D eigenvalue weighted by molar-refractivity contribution is 0.0944. The predicted octanol–water partition coefficient (Wildman–Crippen LogP) is 2.90. The third-order valence-electron chi connectivity index (χ3n) is 4.82. The number of nitrogens with two attached hydrogens (primary N) is 1. The Kier molecular flexibility index (Phi) is 5.78. The average molecular weight is 432 g/mol. The van der Waals surface area contributed by atoms with Gasteiger partial charge in [0.15, 0.2) is 5.82 Å². The molecule has 0 radical (unpaired) electrons. The van der Waals surface area contributed by atoms with E-state index in [1.807, 2.05) is 31.2 Å². The summed E-state index contributed by atoms with van der Waals surface area (Å²) in [5.41, 5.74) is 8.09. The van der Waals surface area contributed by atoms with Gasteiger partial charge in [0.2, 0.25) is 5.95 Å². The van der Waals surface area contributed by atoms with Crippen molar-refractivity contribution in [3.63, 3.8) is 0 Å². The second kappa shape index (κ2) is 8.67. The molecule has 1 atom stereocenters. The van der Waals surface area contributed by atoms with E-state index in [2.05, 4.69) is 35.4 Å². The molecule has 32 heavy (non-hydrogen) atoms. The summed E-state index contributed by atoms with van der Waals surface area (Å²) < 4.78 is 5.40. The van der Waals surface area contributed by atoms with Crippen LogP contribution in [0.5, 0.6) is 0 Å². The molecule has 0 aliphatic heterocycles. The summed E-state index contributed by atoms with van der Waals surface area (Å²) in [7, 11) is 0. The van der Waals surface area contributed by atoms with Crippen molar-refractivity contribution >= 4 is 11.8 Å². The molecule has 164 valence electrons. The Morgan fingerprint density at radius 1 is 1.00 bits per heavy atom. The van der Waals surface area contributed by atoms with Crippen molar-refractivity contribution < 1.29 is 9.63 Å². The average Bonchev–Trinajstić information content (AvgIpc) is 3.28. The van der Waals surface area contributed by atoms with Crippen molar-refractivity contribution in [2.75, 3.05) is 17.6 Å². The van der Waals surface area contributed by atoms with Crippen LogP contribution in [-0.4, -0.2) is 47.3 Å². The van der Waals surface area contributed by atoms with Gasteiger partial charge in [-0.2, -0.15) is 4.98 Å². The van der Waals surface area contributed by atoms with E-state index in [0.29, 0.717) is 29.8 Å².